The largest absolute Gasteiger partial charge is 0.381 e. The van der Waals surface area contributed by atoms with Gasteiger partial charge in [-0.15, -0.1) is 0 Å². The summed E-state index contributed by atoms with van der Waals surface area (Å²) in [5.41, 5.74) is 3.55. The number of likely N-dealkylation sites (N-methyl/N-ethyl adjacent to an activating group) is 1. The summed E-state index contributed by atoms with van der Waals surface area (Å²) in [4.78, 5) is 14.6. The second kappa shape index (κ2) is 7.99. The van der Waals surface area contributed by atoms with Crippen LogP contribution in [0.4, 0.5) is 4.79 Å². The van der Waals surface area contributed by atoms with Gasteiger partial charge in [0.1, 0.15) is 0 Å². The summed E-state index contributed by atoms with van der Waals surface area (Å²) in [5, 5.41) is 6.12. The van der Waals surface area contributed by atoms with Crippen LogP contribution in [-0.2, 0) is 4.74 Å². The van der Waals surface area contributed by atoms with Gasteiger partial charge in [0.05, 0.1) is 6.04 Å². The number of ether oxygens (including phenoxy) is 1. The molecule has 1 aliphatic heterocycles. The lowest BCUT2D eigenvalue weighted by molar-refractivity contribution is -0.00574. The zero-order valence-electron chi connectivity index (χ0n) is 15.6. The number of hydrogen-bond acceptors (Lipinski definition) is 3. The number of carbonyl (C=O) groups excluding carboxylic acids is 1. The number of amides is 2. The van der Waals surface area contributed by atoms with E-state index in [9.17, 15) is 4.79 Å². The van der Waals surface area contributed by atoms with E-state index in [4.69, 9.17) is 4.74 Å². The minimum absolute atomic E-state index is 0.0158. The molecule has 1 aromatic carbocycles. The third-order valence-corrected chi connectivity index (χ3v) is 5.20. The molecule has 2 N–H and O–H groups in total. The molecule has 1 unspecified atom stereocenters. The minimum Gasteiger partial charge on any atom is -0.381 e. The van der Waals surface area contributed by atoms with Crippen molar-refractivity contribution in [2.75, 3.05) is 33.9 Å². The maximum atomic E-state index is 12.4. The number of aryl methyl sites for hydroxylation is 2. The fourth-order valence-electron chi connectivity index (χ4n) is 3.33. The van der Waals surface area contributed by atoms with Crippen molar-refractivity contribution < 1.29 is 9.53 Å². The van der Waals surface area contributed by atoms with Crippen molar-refractivity contribution in [3.8, 4) is 0 Å². The first-order valence-electron chi connectivity index (χ1n) is 8.71. The lowest BCUT2D eigenvalue weighted by Crippen LogP contribution is -2.56. The highest BCUT2D eigenvalue weighted by molar-refractivity contribution is 5.74. The molecule has 0 aromatic heterocycles. The predicted molar refractivity (Wildman–Crippen MR) is 97.3 cm³/mol. The normalized spacial score (nSPS) is 18.2. The van der Waals surface area contributed by atoms with Crippen LogP contribution in [0.1, 0.15) is 42.5 Å². The number of nitrogens with one attached hydrogen (secondary N) is 2. The van der Waals surface area contributed by atoms with Crippen LogP contribution < -0.4 is 10.6 Å². The van der Waals surface area contributed by atoms with Gasteiger partial charge >= 0.3 is 6.03 Å². The highest BCUT2D eigenvalue weighted by Gasteiger charge is 2.35. The van der Waals surface area contributed by atoms with E-state index < -0.39 is 0 Å². The Labute approximate surface area is 145 Å². The zero-order valence-corrected chi connectivity index (χ0v) is 15.6. The second-order valence-corrected chi connectivity index (χ2v) is 7.14. The van der Waals surface area contributed by atoms with Crippen molar-refractivity contribution in [1.82, 2.24) is 15.5 Å². The SMILES string of the molecule is Cc1ccc(C)c(C(C)NC(=O)NCC2(N(C)C)CCOCC2)c1. The van der Waals surface area contributed by atoms with Crippen LogP contribution in [0.25, 0.3) is 0 Å². The molecule has 24 heavy (non-hydrogen) atoms. The van der Waals surface area contributed by atoms with Crippen molar-refractivity contribution in [2.24, 2.45) is 0 Å². The Balaban J connectivity index is 1.93. The first-order valence-corrected chi connectivity index (χ1v) is 8.71. The van der Waals surface area contributed by atoms with Crippen LogP contribution in [-0.4, -0.2) is 50.3 Å². The summed E-state index contributed by atoms with van der Waals surface area (Å²) in [6.45, 7) is 8.31. The first kappa shape index (κ1) is 18.7. The molecular weight excluding hydrogens is 302 g/mol. The monoisotopic (exact) mass is 333 g/mol. The van der Waals surface area contributed by atoms with Crippen molar-refractivity contribution in [3.05, 3.63) is 34.9 Å². The van der Waals surface area contributed by atoms with E-state index in [0.717, 1.165) is 26.1 Å². The Kier molecular flexibility index (Phi) is 6.24. The van der Waals surface area contributed by atoms with E-state index in [1.54, 1.807) is 0 Å². The fraction of sp³-hybridized carbons (Fsp3) is 0.632. The standard InChI is InChI=1S/C19H31N3O2/c1-14-6-7-15(2)17(12-14)16(3)21-18(23)20-13-19(22(4)5)8-10-24-11-9-19/h6-7,12,16H,8-11,13H2,1-5H3,(H2,20,21,23). The van der Waals surface area contributed by atoms with Crippen LogP contribution in [0.5, 0.6) is 0 Å². The molecule has 1 aromatic rings. The molecule has 0 saturated carbocycles. The van der Waals surface area contributed by atoms with Gasteiger partial charge < -0.3 is 20.3 Å². The van der Waals surface area contributed by atoms with Gasteiger partial charge in [0.15, 0.2) is 0 Å². The molecule has 2 rings (SSSR count). The number of hydrogen-bond donors (Lipinski definition) is 2. The third-order valence-electron chi connectivity index (χ3n) is 5.20. The molecule has 1 aliphatic rings. The maximum Gasteiger partial charge on any atom is 0.315 e. The van der Waals surface area contributed by atoms with Crippen molar-refractivity contribution in [2.45, 2.75) is 45.2 Å². The molecule has 1 heterocycles. The quantitative estimate of drug-likeness (QED) is 0.871. The Bertz CT molecular complexity index is 566. The Morgan fingerprint density at radius 1 is 1.29 bits per heavy atom. The molecule has 0 spiro atoms. The number of carbonyl (C=O) groups is 1. The number of rotatable bonds is 5. The van der Waals surface area contributed by atoms with Gasteiger partial charge in [-0.05, 0) is 58.8 Å². The fourth-order valence-corrected chi connectivity index (χ4v) is 3.33. The molecule has 0 bridgehead atoms. The summed E-state index contributed by atoms with van der Waals surface area (Å²) in [6, 6.07) is 6.20. The summed E-state index contributed by atoms with van der Waals surface area (Å²) >= 11 is 0. The molecule has 1 fully saturated rings. The van der Waals surface area contributed by atoms with Crippen LogP contribution >= 0.6 is 0 Å². The summed E-state index contributed by atoms with van der Waals surface area (Å²) in [6.07, 6.45) is 1.87. The highest BCUT2D eigenvalue weighted by Crippen LogP contribution is 2.25. The van der Waals surface area contributed by atoms with E-state index in [-0.39, 0.29) is 17.6 Å². The third kappa shape index (κ3) is 4.48. The van der Waals surface area contributed by atoms with Crippen LogP contribution in [0, 0.1) is 13.8 Å². The van der Waals surface area contributed by atoms with Gasteiger partial charge in [-0.25, -0.2) is 4.79 Å². The number of urea groups is 1. The van der Waals surface area contributed by atoms with E-state index >= 15 is 0 Å². The van der Waals surface area contributed by atoms with Gasteiger partial charge in [0.2, 0.25) is 0 Å². The van der Waals surface area contributed by atoms with Gasteiger partial charge in [-0.2, -0.15) is 0 Å². The molecule has 1 atom stereocenters. The minimum atomic E-state index is -0.115. The van der Waals surface area contributed by atoms with Gasteiger partial charge in [0.25, 0.3) is 0 Å². The van der Waals surface area contributed by atoms with E-state index in [2.05, 4.69) is 61.7 Å². The van der Waals surface area contributed by atoms with Crippen molar-refractivity contribution in [3.63, 3.8) is 0 Å². The van der Waals surface area contributed by atoms with Gasteiger partial charge in [-0.3, -0.25) is 0 Å². The smallest absolute Gasteiger partial charge is 0.315 e. The van der Waals surface area contributed by atoms with Gasteiger partial charge in [-0.1, -0.05) is 23.8 Å². The second-order valence-electron chi connectivity index (χ2n) is 7.14. The predicted octanol–water partition coefficient (Wildman–Crippen LogP) is 2.77. The lowest BCUT2D eigenvalue weighted by atomic mass is 9.88. The summed E-state index contributed by atoms with van der Waals surface area (Å²) in [5.74, 6) is 0. The molecule has 5 heteroatoms. The average Bonchev–Trinajstić information content (AvgIpc) is 2.56. The van der Waals surface area contributed by atoms with Crippen molar-refractivity contribution in [1.29, 1.82) is 0 Å². The molecule has 0 radical (unpaired) electrons. The van der Waals surface area contributed by atoms with Gasteiger partial charge in [0, 0.05) is 25.3 Å². The Hall–Kier alpha value is -1.59. The van der Waals surface area contributed by atoms with E-state index in [1.807, 2.05) is 6.92 Å². The molecule has 1 saturated heterocycles. The zero-order chi connectivity index (χ0) is 17.7. The van der Waals surface area contributed by atoms with Crippen molar-refractivity contribution >= 4 is 6.03 Å². The van der Waals surface area contributed by atoms with Crippen LogP contribution in [0.2, 0.25) is 0 Å². The van der Waals surface area contributed by atoms with E-state index in [1.165, 1.54) is 16.7 Å². The summed E-state index contributed by atoms with van der Waals surface area (Å²) in [7, 11) is 4.15. The number of nitrogens with zero attached hydrogens (tertiary/aromatic N) is 1. The summed E-state index contributed by atoms with van der Waals surface area (Å²) < 4.78 is 5.47. The topological polar surface area (TPSA) is 53.6 Å². The van der Waals surface area contributed by atoms with E-state index in [0.29, 0.717) is 6.54 Å². The molecule has 2 amide bonds. The number of benzene rings is 1. The maximum absolute atomic E-state index is 12.4. The highest BCUT2D eigenvalue weighted by atomic mass is 16.5. The molecule has 134 valence electrons. The van der Waals surface area contributed by atoms with Crippen LogP contribution in [0.3, 0.4) is 0 Å². The Morgan fingerprint density at radius 2 is 1.96 bits per heavy atom. The van der Waals surface area contributed by atoms with Crippen LogP contribution in [0.15, 0.2) is 18.2 Å². The molecule has 0 aliphatic carbocycles. The Morgan fingerprint density at radius 3 is 2.58 bits per heavy atom. The molecular formula is C19H31N3O2. The average molecular weight is 333 g/mol. The first-order chi connectivity index (χ1) is 11.3. The lowest BCUT2D eigenvalue weighted by Gasteiger charge is -2.42. The molecule has 5 nitrogen and oxygen atoms in total.